The average molecular weight is 242 g/mol. The van der Waals surface area contributed by atoms with Gasteiger partial charge >= 0.3 is 11.8 Å². The Morgan fingerprint density at radius 3 is 2.53 bits per heavy atom. The van der Waals surface area contributed by atoms with Gasteiger partial charge in [-0.15, -0.1) is 0 Å². The van der Waals surface area contributed by atoms with Gasteiger partial charge in [-0.05, 0) is 33.1 Å². The minimum absolute atomic E-state index is 0.205. The normalized spacial score (nSPS) is 15.4. The predicted octanol–water partition coefficient (Wildman–Crippen LogP) is 0.540. The van der Waals surface area contributed by atoms with Gasteiger partial charge in [0, 0.05) is 26.2 Å². The highest BCUT2D eigenvalue weighted by atomic mass is 16.5. The van der Waals surface area contributed by atoms with Gasteiger partial charge in [0.15, 0.2) is 0 Å². The lowest BCUT2D eigenvalue weighted by Gasteiger charge is -2.14. The van der Waals surface area contributed by atoms with Crippen molar-refractivity contribution in [3.05, 3.63) is 0 Å². The van der Waals surface area contributed by atoms with Gasteiger partial charge in [-0.2, -0.15) is 0 Å². The van der Waals surface area contributed by atoms with E-state index in [4.69, 9.17) is 4.74 Å². The first kappa shape index (κ1) is 14.0. The molecule has 1 fully saturated rings. The van der Waals surface area contributed by atoms with Crippen molar-refractivity contribution in [2.24, 2.45) is 0 Å². The van der Waals surface area contributed by atoms with Gasteiger partial charge < -0.3 is 15.0 Å². The Balaban J connectivity index is 2.09. The number of nitrogens with one attached hydrogen (secondary N) is 1. The molecule has 0 radical (unpaired) electrons. The zero-order valence-corrected chi connectivity index (χ0v) is 10.7. The van der Waals surface area contributed by atoms with E-state index in [2.05, 4.69) is 5.32 Å². The summed E-state index contributed by atoms with van der Waals surface area (Å²) in [6.45, 7) is 6.46. The van der Waals surface area contributed by atoms with Crippen LogP contribution in [0.2, 0.25) is 0 Å². The maximum Gasteiger partial charge on any atom is 0.311 e. The molecule has 5 heteroatoms. The summed E-state index contributed by atoms with van der Waals surface area (Å²) in [6, 6.07) is 0. The number of carbonyl (C=O) groups is 2. The van der Waals surface area contributed by atoms with Crippen LogP contribution in [0.5, 0.6) is 0 Å². The number of nitrogens with zero attached hydrogens (tertiary/aromatic N) is 1. The summed E-state index contributed by atoms with van der Waals surface area (Å²) in [5.74, 6) is -0.885. The van der Waals surface area contributed by atoms with Crippen molar-refractivity contribution in [2.45, 2.75) is 39.2 Å². The third-order valence-corrected chi connectivity index (χ3v) is 2.65. The number of hydrogen-bond donors (Lipinski definition) is 1. The van der Waals surface area contributed by atoms with E-state index in [1.807, 2.05) is 13.8 Å². The first-order valence-corrected chi connectivity index (χ1v) is 6.30. The highest BCUT2D eigenvalue weighted by molar-refractivity contribution is 6.35. The lowest BCUT2D eigenvalue weighted by Crippen LogP contribution is -2.42. The van der Waals surface area contributed by atoms with Crippen LogP contribution in [0.25, 0.3) is 0 Å². The molecule has 1 saturated heterocycles. The quantitative estimate of drug-likeness (QED) is 0.565. The average Bonchev–Trinajstić information content (AvgIpc) is 2.80. The molecule has 0 saturated carbocycles. The van der Waals surface area contributed by atoms with Crippen LogP contribution in [-0.4, -0.2) is 49.1 Å². The minimum Gasteiger partial charge on any atom is -0.379 e. The molecule has 2 amide bonds. The maximum absolute atomic E-state index is 11.6. The number of ether oxygens (including phenoxy) is 1. The molecule has 1 N–H and O–H groups in total. The van der Waals surface area contributed by atoms with Crippen molar-refractivity contribution < 1.29 is 14.3 Å². The van der Waals surface area contributed by atoms with Crippen LogP contribution in [0, 0.1) is 0 Å². The standard InChI is InChI=1S/C12H22N2O3/c1-10(2)17-9-5-6-13-11(15)12(16)14-7-3-4-8-14/h10H,3-9H2,1-2H3,(H,13,15). The molecule has 0 aromatic heterocycles. The summed E-state index contributed by atoms with van der Waals surface area (Å²) in [6.07, 6.45) is 2.94. The SMILES string of the molecule is CC(C)OCCCNC(=O)C(=O)N1CCCC1. The molecular formula is C12H22N2O3. The molecule has 0 aromatic carbocycles. The molecule has 0 aliphatic carbocycles. The number of hydrogen-bond acceptors (Lipinski definition) is 3. The second-order valence-corrected chi connectivity index (χ2v) is 4.53. The van der Waals surface area contributed by atoms with Crippen LogP contribution in [0.4, 0.5) is 0 Å². The van der Waals surface area contributed by atoms with Crippen molar-refractivity contribution in [3.8, 4) is 0 Å². The van der Waals surface area contributed by atoms with Gasteiger partial charge in [0.2, 0.25) is 0 Å². The van der Waals surface area contributed by atoms with Gasteiger partial charge in [0.25, 0.3) is 0 Å². The molecule has 0 unspecified atom stereocenters. The van der Waals surface area contributed by atoms with Crippen molar-refractivity contribution in [1.82, 2.24) is 10.2 Å². The van der Waals surface area contributed by atoms with E-state index in [1.54, 1.807) is 4.90 Å². The summed E-state index contributed by atoms with van der Waals surface area (Å²) in [4.78, 5) is 24.7. The van der Waals surface area contributed by atoms with Crippen molar-refractivity contribution in [3.63, 3.8) is 0 Å². The maximum atomic E-state index is 11.6. The third-order valence-electron chi connectivity index (χ3n) is 2.65. The second-order valence-electron chi connectivity index (χ2n) is 4.53. The van der Waals surface area contributed by atoms with Gasteiger partial charge in [-0.25, -0.2) is 0 Å². The highest BCUT2D eigenvalue weighted by Crippen LogP contribution is 2.07. The number of likely N-dealkylation sites (tertiary alicyclic amines) is 1. The number of amides is 2. The molecule has 17 heavy (non-hydrogen) atoms. The molecule has 1 aliphatic rings. The zero-order chi connectivity index (χ0) is 12.7. The molecular weight excluding hydrogens is 220 g/mol. The van der Waals surface area contributed by atoms with Gasteiger partial charge in [0.1, 0.15) is 0 Å². The lowest BCUT2D eigenvalue weighted by molar-refractivity contribution is -0.145. The van der Waals surface area contributed by atoms with Crippen LogP contribution in [-0.2, 0) is 14.3 Å². The minimum atomic E-state index is -0.489. The molecule has 0 aromatic rings. The zero-order valence-electron chi connectivity index (χ0n) is 10.7. The van der Waals surface area contributed by atoms with Crippen molar-refractivity contribution in [2.75, 3.05) is 26.2 Å². The summed E-state index contributed by atoms with van der Waals surface area (Å²) in [5, 5.41) is 2.62. The molecule has 0 bridgehead atoms. The predicted molar refractivity (Wildman–Crippen MR) is 64.5 cm³/mol. The number of rotatable bonds is 5. The fourth-order valence-electron chi connectivity index (χ4n) is 1.73. The number of carbonyl (C=O) groups excluding carboxylic acids is 2. The Morgan fingerprint density at radius 2 is 1.94 bits per heavy atom. The fraction of sp³-hybridized carbons (Fsp3) is 0.833. The molecule has 1 rings (SSSR count). The van der Waals surface area contributed by atoms with E-state index in [1.165, 1.54) is 0 Å². The Labute approximate surface area is 102 Å². The van der Waals surface area contributed by atoms with E-state index < -0.39 is 11.8 Å². The first-order valence-electron chi connectivity index (χ1n) is 6.30. The summed E-state index contributed by atoms with van der Waals surface area (Å²) >= 11 is 0. The molecule has 0 atom stereocenters. The van der Waals surface area contributed by atoms with Crippen molar-refractivity contribution in [1.29, 1.82) is 0 Å². The van der Waals surface area contributed by atoms with E-state index in [0.717, 1.165) is 19.3 Å². The highest BCUT2D eigenvalue weighted by Gasteiger charge is 2.23. The summed E-state index contributed by atoms with van der Waals surface area (Å²) in [5.41, 5.74) is 0. The van der Waals surface area contributed by atoms with Gasteiger partial charge in [-0.1, -0.05) is 0 Å². The molecule has 1 aliphatic heterocycles. The molecule has 0 spiro atoms. The van der Waals surface area contributed by atoms with Crippen molar-refractivity contribution >= 4 is 11.8 Å². The van der Waals surface area contributed by atoms with E-state index in [9.17, 15) is 9.59 Å². The largest absolute Gasteiger partial charge is 0.379 e. The van der Waals surface area contributed by atoms with Crippen LogP contribution >= 0.6 is 0 Å². The Morgan fingerprint density at radius 1 is 1.29 bits per heavy atom. The molecule has 98 valence electrons. The van der Waals surface area contributed by atoms with Crippen LogP contribution in [0.15, 0.2) is 0 Å². The molecule has 5 nitrogen and oxygen atoms in total. The Bertz CT molecular complexity index is 260. The van der Waals surface area contributed by atoms with Crippen LogP contribution in [0.3, 0.4) is 0 Å². The lowest BCUT2D eigenvalue weighted by atomic mass is 10.4. The van der Waals surface area contributed by atoms with Gasteiger partial charge in [-0.3, -0.25) is 9.59 Å². The summed E-state index contributed by atoms with van der Waals surface area (Å²) < 4.78 is 5.34. The third kappa shape index (κ3) is 5.17. The Hall–Kier alpha value is -1.10. The van der Waals surface area contributed by atoms with Crippen LogP contribution < -0.4 is 5.32 Å². The van der Waals surface area contributed by atoms with Crippen LogP contribution in [0.1, 0.15) is 33.1 Å². The van der Waals surface area contributed by atoms with E-state index in [-0.39, 0.29) is 6.10 Å². The smallest absolute Gasteiger partial charge is 0.311 e. The fourth-order valence-corrected chi connectivity index (χ4v) is 1.73. The second kappa shape index (κ2) is 7.27. The monoisotopic (exact) mass is 242 g/mol. The van der Waals surface area contributed by atoms with E-state index >= 15 is 0 Å². The Kier molecular flexibility index (Phi) is 5.97. The first-order chi connectivity index (χ1) is 8.11. The van der Waals surface area contributed by atoms with E-state index in [0.29, 0.717) is 26.2 Å². The molecule has 1 heterocycles. The topological polar surface area (TPSA) is 58.6 Å². The van der Waals surface area contributed by atoms with Gasteiger partial charge in [0.05, 0.1) is 6.10 Å². The summed E-state index contributed by atoms with van der Waals surface area (Å²) in [7, 11) is 0.